The minimum absolute atomic E-state index is 0.0401. The molecule has 0 fully saturated rings. The fourth-order valence-electron chi connectivity index (χ4n) is 2.00. The van der Waals surface area contributed by atoms with E-state index in [0.29, 0.717) is 6.42 Å². The maximum absolute atomic E-state index is 12.2. The van der Waals surface area contributed by atoms with Crippen molar-refractivity contribution in [3.63, 3.8) is 0 Å². The quantitative estimate of drug-likeness (QED) is 0.537. The molecule has 138 valence electrons. The molecule has 23 heavy (non-hydrogen) atoms. The van der Waals surface area contributed by atoms with Crippen LogP contribution in [-0.2, 0) is 13.6 Å². The molecule has 0 aromatic heterocycles. The lowest BCUT2D eigenvalue weighted by molar-refractivity contribution is -0.135. The van der Waals surface area contributed by atoms with Crippen LogP contribution in [0.25, 0.3) is 0 Å². The largest absolute Gasteiger partial charge is 0.519 e. The topological polar surface area (TPSA) is 38.8 Å². The summed E-state index contributed by atoms with van der Waals surface area (Å²) in [6.07, 6.45) is 1.63. The summed E-state index contributed by atoms with van der Waals surface area (Å²) in [4.78, 5) is 14.5. The number of hydrogen-bond donors (Lipinski definition) is 0. The Morgan fingerprint density at radius 1 is 1.09 bits per heavy atom. The summed E-state index contributed by atoms with van der Waals surface area (Å²) >= 11 is 0. The molecule has 0 amide bonds. The molecule has 0 spiro atoms. The van der Waals surface area contributed by atoms with Gasteiger partial charge in [0.2, 0.25) is 0 Å². The van der Waals surface area contributed by atoms with Crippen molar-refractivity contribution < 1.29 is 13.6 Å². The first kappa shape index (κ1) is 22.8. The zero-order valence-corrected chi connectivity index (χ0v) is 18.9. The van der Waals surface area contributed by atoms with Crippen LogP contribution in [0.3, 0.4) is 0 Å². The van der Waals surface area contributed by atoms with E-state index in [1.54, 1.807) is 0 Å². The van der Waals surface area contributed by atoms with Gasteiger partial charge in [0, 0.05) is 13.7 Å². The molecule has 0 saturated heterocycles. The van der Waals surface area contributed by atoms with Gasteiger partial charge in [0.15, 0.2) is 8.32 Å². The third-order valence-electron chi connectivity index (χ3n) is 5.06. The third kappa shape index (κ3) is 9.03. The normalized spacial score (nSPS) is 13.5. The summed E-state index contributed by atoms with van der Waals surface area (Å²) in [5.74, 6) is -0.0401. The average molecular weight is 362 g/mol. The number of carbonyl (C=O) groups excluding carboxylic acids is 1. The lowest BCUT2D eigenvalue weighted by Gasteiger charge is -2.35. The van der Waals surface area contributed by atoms with E-state index >= 15 is 0 Å². The Labute approximate surface area is 146 Å². The van der Waals surface area contributed by atoms with Crippen LogP contribution in [0.15, 0.2) is 0 Å². The fourth-order valence-corrected chi connectivity index (χ4v) is 4.19. The minimum atomic E-state index is -1.98. The van der Waals surface area contributed by atoms with Gasteiger partial charge in [0.05, 0.1) is 6.42 Å². The van der Waals surface area contributed by atoms with Crippen LogP contribution < -0.4 is 0 Å². The zero-order chi connectivity index (χ0) is 18.3. The third-order valence-corrected chi connectivity index (χ3v) is 12.1. The van der Waals surface area contributed by atoms with Gasteiger partial charge in [-0.05, 0) is 56.8 Å². The van der Waals surface area contributed by atoms with Crippen molar-refractivity contribution >= 4 is 22.6 Å². The van der Waals surface area contributed by atoms with E-state index in [1.165, 1.54) is 0 Å². The molecule has 0 heterocycles. The SMILES string of the molecule is CCN(CCC[Si](C)(C)OC)CCC(=O)O[Si](C)(C)C(C)(C)C. The predicted octanol–water partition coefficient (Wildman–Crippen LogP) is 4.49. The first-order valence-corrected chi connectivity index (χ1v) is 14.9. The van der Waals surface area contributed by atoms with Crippen LogP contribution in [0.1, 0.15) is 40.5 Å². The second kappa shape index (κ2) is 9.34. The standard InChI is InChI=1S/C17H39NO3Si2/c1-10-18(13-11-15-22(6,7)20-5)14-12-16(19)21-23(8,9)17(2,3)4/h10-15H2,1-9H3. The molecule has 4 nitrogen and oxygen atoms in total. The van der Waals surface area contributed by atoms with Crippen molar-refractivity contribution in [1.82, 2.24) is 4.90 Å². The highest BCUT2D eigenvalue weighted by molar-refractivity contribution is 6.75. The van der Waals surface area contributed by atoms with Crippen molar-refractivity contribution in [2.24, 2.45) is 0 Å². The Hall–Kier alpha value is -0.176. The predicted molar refractivity (Wildman–Crippen MR) is 104 cm³/mol. The number of hydrogen-bond acceptors (Lipinski definition) is 4. The molecule has 0 bridgehead atoms. The van der Waals surface area contributed by atoms with E-state index in [0.717, 1.165) is 32.1 Å². The van der Waals surface area contributed by atoms with Crippen LogP contribution in [0.2, 0.25) is 37.3 Å². The highest BCUT2D eigenvalue weighted by Crippen LogP contribution is 2.36. The Bertz CT molecular complexity index is 365. The summed E-state index contributed by atoms with van der Waals surface area (Å²) in [7, 11) is -1.63. The molecule has 0 rings (SSSR count). The lowest BCUT2D eigenvalue weighted by Crippen LogP contribution is -2.43. The molecule has 0 aromatic rings. The van der Waals surface area contributed by atoms with E-state index < -0.39 is 16.6 Å². The molecular weight excluding hydrogens is 322 g/mol. The molecular formula is C17H39NO3Si2. The van der Waals surface area contributed by atoms with Gasteiger partial charge in [-0.1, -0.05) is 27.7 Å². The van der Waals surface area contributed by atoms with Crippen molar-refractivity contribution in [1.29, 1.82) is 0 Å². The second-order valence-corrected chi connectivity index (χ2v) is 17.6. The van der Waals surface area contributed by atoms with Gasteiger partial charge < -0.3 is 13.8 Å². The van der Waals surface area contributed by atoms with Gasteiger partial charge in [0.25, 0.3) is 14.3 Å². The Morgan fingerprint density at radius 3 is 2.09 bits per heavy atom. The Morgan fingerprint density at radius 2 is 1.65 bits per heavy atom. The average Bonchev–Trinajstić information content (AvgIpc) is 2.40. The van der Waals surface area contributed by atoms with E-state index in [1.807, 2.05) is 7.11 Å². The molecule has 0 aliphatic carbocycles. The molecule has 6 heteroatoms. The summed E-state index contributed by atoms with van der Waals surface area (Å²) < 4.78 is 11.4. The minimum Gasteiger partial charge on any atom is -0.519 e. The van der Waals surface area contributed by atoms with Crippen molar-refractivity contribution in [2.45, 2.75) is 77.8 Å². The number of nitrogens with zero attached hydrogens (tertiary/aromatic N) is 1. The van der Waals surface area contributed by atoms with E-state index in [9.17, 15) is 4.79 Å². The molecule has 0 saturated carbocycles. The summed E-state index contributed by atoms with van der Waals surface area (Å²) in [6, 6.07) is 1.16. The van der Waals surface area contributed by atoms with Gasteiger partial charge in [0.1, 0.15) is 0 Å². The second-order valence-electron chi connectivity index (χ2n) is 8.49. The van der Waals surface area contributed by atoms with Gasteiger partial charge >= 0.3 is 0 Å². The van der Waals surface area contributed by atoms with Crippen LogP contribution in [0, 0.1) is 0 Å². The molecule has 0 aliphatic rings. The first-order valence-electron chi connectivity index (χ1n) is 8.84. The number of rotatable bonds is 10. The van der Waals surface area contributed by atoms with Crippen LogP contribution in [0.4, 0.5) is 0 Å². The van der Waals surface area contributed by atoms with Crippen LogP contribution >= 0.6 is 0 Å². The lowest BCUT2D eigenvalue weighted by atomic mass is 10.2. The van der Waals surface area contributed by atoms with E-state index in [4.69, 9.17) is 8.85 Å². The van der Waals surface area contributed by atoms with Crippen molar-refractivity contribution in [2.75, 3.05) is 26.7 Å². The van der Waals surface area contributed by atoms with Crippen LogP contribution in [-0.4, -0.2) is 54.2 Å². The summed E-state index contributed by atoms with van der Waals surface area (Å²) in [5, 5.41) is 0.0729. The molecule has 0 aromatic carbocycles. The molecule has 0 radical (unpaired) electrons. The Kier molecular flexibility index (Phi) is 9.27. The van der Waals surface area contributed by atoms with E-state index in [-0.39, 0.29) is 11.0 Å². The maximum atomic E-state index is 12.2. The summed E-state index contributed by atoms with van der Waals surface area (Å²) in [5.41, 5.74) is 0. The number of carbonyl (C=O) groups is 1. The summed E-state index contributed by atoms with van der Waals surface area (Å²) in [6.45, 7) is 20.2. The van der Waals surface area contributed by atoms with Gasteiger partial charge in [-0.15, -0.1) is 0 Å². The molecule has 0 N–H and O–H groups in total. The maximum Gasteiger partial charge on any atom is 0.293 e. The Balaban J connectivity index is 4.23. The highest BCUT2D eigenvalue weighted by Gasteiger charge is 2.40. The van der Waals surface area contributed by atoms with Gasteiger partial charge in [-0.25, -0.2) is 0 Å². The first-order chi connectivity index (χ1) is 10.3. The van der Waals surface area contributed by atoms with Gasteiger partial charge in [-0.2, -0.15) is 0 Å². The smallest absolute Gasteiger partial charge is 0.293 e. The van der Waals surface area contributed by atoms with Crippen LogP contribution in [0.5, 0.6) is 0 Å². The monoisotopic (exact) mass is 361 g/mol. The van der Waals surface area contributed by atoms with Crippen molar-refractivity contribution in [3.8, 4) is 0 Å². The molecule has 0 unspecified atom stereocenters. The highest BCUT2D eigenvalue weighted by atomic mass is 28.4. The van der Waals surface area contributed by atoms with Gasteiger partial charge in [-0.3, -0.25) is 4.79 Å². The molecule has 0 aliphatic heterocycles. The zero-order valence-electron chi connectivity index (χ0n) is 16.9. The van der Waals surface area contributed by atoms with Crippen molar-refractivity contribution in [3.05, 3.63) is 0 Å². The van der Waals surface area contributed by atoms with E-state index in [2.05, 4.69) is 58.8 Å². The molecule has 0 atom stereocenters. The fraction of sp³-hybridized carbons (Fsp3) is 0.941.